The van der Waals surface area contributed by atoms with Crippen LogP contribution in [-0.4, -0.2) is 63.0 Å². The van der Waals surface area contributed by atoms with E-state index in [0.717, 1.165) is 36.1 Å². The second-order valence-electron chi connectivity index (χ2n) is 10.5. The number of rotatable bonds is 0. The Labute approximate surface area is 198 Å². The fourth-order valence-electron chi connectivity index (χ4n) is 8.25. The van der Waals surface area contributed by atoms with Gasteiger partial charge in [-0.3, -0.25) is 15.1 Å². The average molecular weight is 516 g/mol. The first-order chi connectivity index (χ1) is 15.4. The standard InChI is InChI=1S/C20H33N3.2ClHO4/c1-2-9-22-13-20-12-15(16(22)6-1)11-14-5-4-10-23(19(14)20)18-8-3-7-17(20)21-18;2*2-1(3,4)5/h14-19,21H,1-13H2;2*(H,2,3,4,5)/t14-,15-,16+,17-,18+,19+,20+;;/m0../s1. The third-order valence-corrected chi connectivity index (χ3v) is 8.80. The molecule has 0 radical (unpaired) electrons. The zero-order valence-electron chi connectivity index (χ0n) is 18.7. The van der Waals surface area contributed by atoms with Crippen molar-refractivity contribution < 1.29 is 57.8 Å². The molecule has 0 amide bonds. The normalized spacial score (nSPS) is 42.5. The summed E-state index contributed by atoms with van der Waals surface area (Å²) in [7, 11) is -9.39. The summed E-state index contributed by atoms with van der Waals surface area (Å²) in [4.78, 5) is 5.95. The van der Waals surface area contributed by atoms with Gasteiger partial charge in [0.2, 0.25) is 0 Å². The molecule has 13 heteroatoms. The third kappa shape index (κ3) is 6.11. The minimum absolute atomic E-state index is 0.596. The van der Waals surface area contributed by atoms with Gasteiger partial charge in [0.25, 0.3) is 0 Å². The largest absolute Gasteiger partial charge is 0.299 e. The monoisotopic (exact) mass is 515 g/mol. The number of hydrogen-bond acceptors (Lipinski definition) is 11. The Morgan fingerprint density at radius 1 is 0.788 bits per heavy atom. The van der Waals surface area contributed by atoms with E-state index in [9.17, 15) is 0 Å². The highest BCUT2D eigenvalue weighted by Gasteiger charge is 2.63. The quantitative estimate of drug-likeness (QED) is 0.278. The molecule has 6 fully saturated rings. The summed E-state index contributed by atoms with van der Waals surface area (Å²) in [6, 6.07) is 2.70. The maximum atomic E-state index is 8.60. The molecule has 1 aliphatic carbocycles. The van der Waals surface area contributed by atoms with E-state index in [4.69, 9.17) is 37.3 Å². The summed E-state index contributed by atoms with van der Waals surface area (Å²) in [5.41, 5.74) is 0.596. The van der Waals surface area contributed by atoms with E-state index < -0.39 is 20.5 Å². The van der Waals surface area contributed by atoms with E-state index in [-0.39, 0.29) is 0 Å². The SMILES string of the molecule is C1CCN2C[C@]34C[C@H](C[C@@H]5CCCN([C@@H]6CCC[C@@H]3N6)[C@H]54)[C@H]2C1.[O-][Cl+3]([O-])([O-])O.[O-][Cl+3]([O-])([O-])O. The highest BCUT2D eigenvalue weighted by atomic mass is 35.7. The van der Waals surface area contributed by atoms with Crippen LogP contribution in [0.15, 0.2) is 0 Å². The van der Waals surface area contributed by atoms with E-state index in [0.29, 0.717) is 5.41 Å². The Balaban J connectivity index is 0.000000222. The topological polar surface area (TPSA) is 197 Å². The van der Waals surface area contributed by atoms with Gasteiger partial charge >= 0.3 is 0 Å². The number of hydrogen-bond donors (Lipinski definition) is 3. The fraction of sp³-hybridized carbons (Fsp3) is 1.00. The lowest BCUT2D eigenvalue weighted by Gasteiger charge is -2.70. The van der Waals surface area contributed by atoms with Crippen LogP contribution in [0.4, 0.5) is 0 Å². The Bertz CT molecular complexity index is 657. The van der Waals surface area contributed by atoms with Crippen LogP contribution in [0.2, 0.25) is 0 Å². The molecule has 5 heterocycles. The minimum Gasteiger partial charge on any atom is -0.299 e. The number of halogens is 2. The van der Waals surface area contributed by atoms with Crippen molar-refractivity contribution >= 4 is 0 Å². The van der Waals surface area contributed by atoms with Crippen LogP contribution in [0.5, 0.6) is 0 Å². The van der Waals surface area contributed by atoms with Crippen molar-refractivity contribution in [1.82, 2.24) is 15.1 Å². The van der Waals surface area contributed by atoms with Crippen LogP contribution >= 0.6 is 0 Å². The maximum absolute atomic E-state index is 8.60. The molecule has 4 bridgehead atoms. The van der Waals surface area contributed by atoms with Gasteiger partial charge in [0.05, 0.1) is 36.0 Å². The zero-order chi connectivity index (χ0) is 24.0. The summed E-state index contributed by atoms with van der Waals surface area (Å²) in [5.74, 6) is 2.04. The summed E-state index contributed by atoms with van der Waals surface area (Å²) < 4.78 is 65.4. The van der Waals surface area contributed by atoms with Gasteiger partial charge < -0.3 is 0 Å². The number of piperidine rings is 4. The molecule has 1 saturated carbocycles. The second-order valence-corrected chi connectivity index (χ2v) is 12.1. The molecule has 33 heavy (non-hydrogen) atoms. The van der Waals surface area contributed by atoms with Crippen molar-refractivity contribution in [3.05, 3.63) is 0 Å². The molecular formula is C20H35Cl2N3O8. The van der Waals surface area contributed by atoms with E-state index >= 15 is 0 Å². The van der Waals surface area contributed by atoms with E-state index in [2.05, 4.69) is 15.1 Å². The van der Waals surface area contributed by atoms with Crippen molar-refractivity contribution in [2.24, 2.45) is 17.3 Å². The van der Waals surface area contributed by atoms with Crippen molar-refractivity contribution in [2.75, 3.05) is 19.6 Å². The summed E-state index contributed by atoms with van der Waals surface area (Å²) in [6.07, 6.45) is 15.6. The van der Waals surface area contributed by atoms with Gasteiger partial charge in [-0.15, -0.1) is 0 Å². The highest BCUT2D eigenvalue weighted by Crippen LogP contribution is 2.59. The minimum atomic E-state index is -4.69. The molecule has 6 aliphatic rings. The van der Waals surface area contributed by atoms with Crippen molar-refractivity contribution in [3.8, 4) is 0 Å². The number of nitrogens with one attached hydrogen (secondary N) is 1. The molecule has 6 rings (SSSR count). The molecule has 11 nitrogen and oxygen atoms in total. The lowest BCUT2D eigenvalue weighted by atomic mass is 9.50. The zero-order valence-corrected chi connectivity index (χ0v) is 20.2. The van der Waals surface area contributed by atoms with Crippen LogP contribution in [-0.2, 0) is 0 Å². The number of nitrogens with zero attached hydrogens (tertiary/aromatic N) is 2. The van der Waals surface area contributed by atoms with Crippen LogP contribution < -0.4 is 33.3 Å². The van der Waals surface area contributed by atoms with Gasteiger partial charge in [0.1, 0.15) is 0 Å². The van der Waals surface area contributed by atoms with Gasteiger partial charge in [-0.1, -0.05) is 6.42 Å². The maximum Gasteiger partial charge on any atom is 0.0777 e. The van der Waals surface area contributed by atoms with Gasteiger partial charge in [-0.05, 0) is 82.7 Å². The Morgan fingerprint density at radius 3 is 2.18 bits per heavy atom. The smallest absolute Gasteiger partial charge is 0.0777 e. The average Bonchev–Trinajstić information content (AvgIpc) is 2.70. The second kappa shape index (κ2) is 9.89. The molecule has 5 aliphatic heterocycles. The summed E-state index contributed by atoms with van der Waals surface area (Å²) in [6.45, 7) is 4.20. The molecular weight excluding hydrogens is 481 g/mol. The molecule has 0 aromatic heterocycles. The Hall–Kier alpha value is 0.140. The molecule has 0 aromatic carbocycles. The third-order valence-electron chi connectivity index (χ3n) is 8.80. The predicted molar refractivity (Wildman–Crippen MR) is 96.6 cm³/mol. The molecule has 3 N–H and O–H groups in total. The van der Waals surface area contributed by atoms with E-state index in [1.807, 2.05) is 0 Å². The van der Waals surface area contributed by atoms with E-state index in [1.165, 1.54) is 71.0 Å². The lowest BCUT2D eigenvalue weighted by molar-refractivity contribution is -1.92. The van der Waals surface area contributed by atoms with Crippen LogP contribution in [0.3, 0.4) is 0 Å². The molecule has 0 unspecified atom stereocenters. The van der Waals surface area contributed by atoms with Crippen LogP contribution in [0.25, 0.3) is 0 Å². The first-order valence-electron chi connectivity index (χ1n) is 11.9. The molecule has 1 spiro atoms. The number of fused-ring (bicyclic) bond motifs is 6. The molecule has 7 atom stereocenters. The Kier molecular flexibility index (Phi) is 7.85. The fourth-order valence-corrected chi connectivity index (χ4v) is 8.25. The van der Waals surface area contributed by atoms with Gasteiger partial charge in [0.15, 0.2) is 0 Å². The highest BCUT2D eigenvalue weighted by molar-refractivity contribution is 5.18. The van der Waals surface area contributed by atoms with Crippen LogP contribution in [0, 0.1) is 37.7 Å². The first-order valence-corrected chi connectivity index (χ1v) is 14.4. The van der Waals surface area contributed by atoms with E-state index in [1.54, 1.807) is 12.8 Å². The molecule has 0 aromatic rings. The molecule has 192 valence electrons. The van der Waals surface area contributed by atoms with Crippen molar-refractivity contribution in [3.63, 3.8) is 0 Å². The van der Waals surface area contributed by atoms with Crippen molar-refractivity contribution in [1.29, 1.82) is 0 Å². The van der Waals surface area contributed by atoms with Gasteiger partial charge in [0, 0.05) is 30.1 Å². The van der Waals surface area contributed by atoms with Gasteiger partial charge in [-0.25, -0.2) is 0 Å². The molecule has 5 saturated heterocycles. The van der Waals surface area contributed by atoms with Gasteiger partial charge in [-0.2, -0.15) is 28.0 Å². The predicted octanol–water partition coefficient (Wildman–Crippen LogP) is -5.43. The summed E-state index contributed by atoms with van der Waals surface area (Å²) in [5, 5.41) is 4.15. The first kappa shape index (κ1) is 26.2. The lowest BCUT2D eigenvalue weighted by Crippen LogP contribution is -2.80. The van der Waals surface area contributed by atoms with Crippen LogP contribution in [0.1, 0.15) is 64.2 Å². The Morgan fingerprint density at radius 2 is 1.48 bits per heavy atom. The summed E-state index contributed by atoms with van der Waals surface area (Å²) >= 11 is 0. The van der Waals surface area contributed by atoms with Crippen molar-refractivity contribution in [2.45, 2.75) is 88.5 Å².